The number of thiazole rings is 1. The fourth-order valence-corrected chi connectivity index (χ4v) is 1.95. The standard InChI is InChI=1S/C11H13N3S/c1-9(11-7-15-8-14-11)13-6-10-4-2-3-5-12-10/h2-5,7-9,13H,6H2,1H3. The Morgan fingerprint density at radius 3 is 3.00 bits per heavy atom. The minimum atomic E-state index is 0.276. The second-order valence-corrected chi connectivity index (χ2v) is 4.06. The average Bonchev–Trinajstić information content (AvgIpc) is 2.81. The molecule has 0 aromatic carbocycles. The molecule has 0 amide bonds. The van der Waals surface area contributed by atoms with Gasteiger partial charge in [-0.3, -0.25) is 4.98 Å². The van der Waals surface area contributed by atoms with Gasteiger partial charge in [0.1, 0.15) is 0 Å². The summed E-state index contributed by atoms with van der Waals surface area (Å²) in [5, 5.41) is 5.45. The van der Waals surface area contributed by atoms with Crippen LogP contribution in [0.15, 0.2) is 35.3 Å². The van der Waals surface area contributed by atoms with Crippen molar-refractivity contribution < 1.29 is 0 Å². The normalized spacial score (nSPS) is 12.6. The minimum Gasteiger partial charge on any atom is -0.303 e. The zero-order valence-electron chi connectivity index (χ0n) is 8.55. The number of nitrogens with one attached hydrogen (secondary N) is 1. The molecule has 15 heavy (non-hydrogen) atoms. The van der Waals surface area contributed by atoms with Crippen molar-refractivity contribution in [1.82, 2.24) is 15.3 Å². The quantitative estimate of drug-likeness (QED) is 0.858. The summed E-state index contributed by atoms with van der Waals surface area (Å²) in [6.45, 7) is 2.89. The molecule has 0 saturated carbocycles. The smallest absolute Gasteiger partial charge is 0.0795 e. The number of rotatable bonds is 4. The Hall–Kier alpha value is -1.26. The Labute approximate surface area is 93.2 Å². The van der Waals surface area contributed by atoms with Gasteiger partial charge in [-0.15, -0.1) is 11.3 Å². The molecule has 2 heterocycles. The van der Waals surface area contributed by atoms with Gasteiger partial charge in [-0.05, 0) is 19.1 Å². The molecule has 4 heteroatoms. The number of hydrogen-bond donors (Lipinski definition) is 1. The molecule has 2 aromatic heterocycles. The molecule has 0 fully saturated rings. The Morgan fingerprint density at radius 2 is 2.33 bits per heavy atom. The summed E-state index contributed by atoms with van der Waals surface area (Å²) in [6.07, 6.45) is 1.81. The van der Waals surface area contributed by atoms with E-state index in [4.69, 9.17) is 0 Å². The third kappa shape index (κ3) is 2.84. The molecule has 0 aliphatic rings. The van der Waals surface area contributed by atoms with Crippen molar-refractivity contribution in [2.45, 2.75) is 19.5 Å². The number of nitrogens with zero attached hydrogens (tertiary/aromatic N) is 2. The van der Waals surface area contributed by atoms with Crippen LogP contribution in [0, 0.1) is 0 Å². The largest absolute Gasteiger partial charge is 0.303 e. The van der Waals surface area contributed by atoms with Crippen molar-refractivity contribution in [1.29, 1.82) is 0 Å². The van der Waals surface area contributed by atoms with Gasteiger partial charge >= 0.3 is 0 Å². The molecular formula is C11H13N3S. The van der Waals surface area contributed by atoms with Gasteiger partial charge in [0.05, 0.1) is 16.9 Å². The van der Waals surface area contributed by atoms with Crippen LogP contribution in [0.2, 0.25) is 0 Å². The summed E-state index contributed by atoms with van der Waals surface area (Å²) >= 11 is 1.62. The van der Waals surface area contributed by atoms with Crippen LogP contribution in [0.3, 0.4) is 0 Å². The lowest BCUT2D eigenvalue weighted by Gasteiger charge is -2.10. The highest BCUT2D eigenvalue weighted by atomic mass is 32.1. The van der Waals surface area contributed by atoms with Crippen molar-refractivity contribution in [2.75, 3.05) is 0 Å². The fourth-order valence-electron chi connectivity index (χ4n) is 1.30. The third-order valence-electron chi connectivity index (χ3n) is 2.21. The molecular weight excluding hydrogens is 206 g/mol. The molecule has 0 bridgehead atoms. The van der Waals surface area contributed by atoms with Crippen LogP contribution in [0.25, 0.3) is 0 Å². The highest BCUT2D eigenvalue weighted by Crippen LogP contribution is 2.12. The molecule has 0 saturated heterocycles. The summed E-state index contributed by atoms with van der Waals surface area (Å²) in [5.41, 5.74) is 4.00. The maximum atomic E-state index is 4.26. The highest BCUT2D eigenvalue weighted by Gasteiger charge is 2.06. The Balaban J connectivity index is 1.89. The number of pyridine rings is 1. The van der Waals surface area contributed by atoms with E-state index in [1.807, 2.05) is 29.9 Å². The summed E-state index contributed by atoms with van der Waals surface area (Å²) in [6, 6.07) is 6.21. The van der Waals surface area contributed by atoms with Gasteiger partial charge < -0.3 is 5.32 Å². The van der Waals surface area contributed by atoms with Gasteiger partial charge in [0.2, 0.25) is 0 Å². The van der Waals surface area contributed by atoms with Gasteiger partial charge in [-0.25, -0.2) is 4.98 Å². The predicted molar refractivity (Wildman–Crippen MR) is 61.6 cm³/mol. The second-order valence-electron chi connectivity index (χ2n) is 3.34. The van der Waals surface area contributed by atoms with Crippen LogP contribution in [0.1, 0.15) is 24.4 Å². The van der Waals surface area contributed by atoms with E-state index in [9.17, 15) is 0 Å². The first-order valence-electron chi connectivity index (χ1n) is 4.87. The van der Waals surface area contributed by atoms with Crippen molar-refractivity contribution in [3.8, 4) is 0 Å². The van der Waals surface area contributed by atoms with Crippen LogP contribution in [0.5, 0.6) is 0 Å². The first-order valence-corrected chi connectivity index (χ1v) is 5.82. The van der Waals surface area contributed by atoms with E-state index in [0.29, 0.717) is 0 Å². The Kier molecular flexibility index (Phi) is 3.42. The van der Waals surface area contributed by atoms with E-state index in [2.05, 4.69) is 27.6 Å². The monoisotopic (exact) mass is 219 g/mol. The van der Waals surface area contributed by atoms with E-state index in [1.54, 1.807) is 11.3 Å². The molecule has 1 unspecified atom stereocenters. The van der Waals surface area contributed by atoms with Crippen molar-refractivity contribution in [3.63, 3.8) is 0 Å². The lowest BCUT2D eigenvalue weighted by molar-refractivity contribution is 0.558. The van der Waals surface area contributed by atoms with Gasteiger partial charge in [0, 0.05) is 24.2 Å². The van der Waals surface area contributed by atoms with Crippen molar-refractivity contribution in [3.05, 3.63) is 46.7 Å². The zero-order chi connectivity index (χ0) is 10.5. The molecule has 0 radical (unpaired) electrons. The second kappa shape index (κ2) is 5.00. The van der Waals surface area contributed by atoms with Gasteiger partial charge in [-0.1, -0.05) is 6.07 Å². The minimum absolute atomic E-state index is 0.276. The first-order chi connectivity index (χ1) is 7.36. The Bertz CT molecular complexity index is 385. The highest BCUT2D eigenvalue weighted by molar-refractivity contribution is 7.07. The molecule has 1 atom stereocenters. The van der Waals surface area contributed by atoms with E-state index >= 15 is 0 Å². The molecule has 78 valence electrons. The van der Waals surface area contributed by atoms with Crippen LogP contribution in [-0.4, -0.2) is 9.97 Å². The zero-order valence-corrected chi connectivity index (χ0v) is 9.37. The lowest BCUT2D eigenvalue weighted by Crippen LogP contribution is -2.18. The van der Waals surface area contributed by atoms with Crippen LogP contribution in [0.4, 0.5) is 0 Å². The SMILES string of the molecule is CC(NCc1ccccn1)c1cscn1. The fraction of sp³-hybridized carbons (Fsp3) is 0.273. The molecule has 0 spiro atoms. The molecule has 0 aliphatic carbocycles. The van der Waals surface area contributed by atoms with Gasteiger partial charge in [-0.2, -0.15) is 0 Å². The number of aromatic nitrogens is 2. The van der Waals surface area contributed by atoms with Gasteiger partial charge in [0.15, 0.2) is 0 Å². The maximum Gasteiger partial charge on any atom is 0.0795 e. The van der Waals surface area contributed by atoms with E-state index in [-0.39, 0.29) is 6.04 Å². The molecule has 2 aromatic rings. The van der Waals surface area contributed by atoms with E-state index < -0.39 is 0 Å². The summed E-state index contributed by atoms with van der Waals surface area (Å²) in [7, 11) is 0. The van der Waals surface area contributed by atoms with Crippen molar-refractivity contribution in [2.24, 2.45) is 0 Å². The third-order valence-corrected chi connectivity index (χ3v) is 2.82. The molecule has 1 N–H and O–H groups in total. The van der Waals surface area contributed by atoms with Crippen molar-refractivity contribution >= 4 is 11.3 Å². The van der Waals surface area contributed by atoms with Crippen LogP contribution in [-0.2, 0) is 6.54 Å². The molecule has 3 nitrogen and oxygen atoms in total. The predicted octanol–water partition coefficient (Wildman–Crippen LogP) is 2.39. The number of hydrogen-bond acceptors (Lipinski definition) is 4. The summed E-state index contributed by atoms with van der Waals surface area (Å²) in [5.74, 6) is 0. The molecule has 2 rings (SSSR count). The maximum absolute atomic E-state index is 4.26. The summed E-state index contributed by atoms with van der Waals surface area (Å²) in [4.78, 5) is 8.52. The van der Waals surface area contributed by atoms with Crippen LogP contribution < -0.4 is 5.32 Å². The summed E-state index contributed by atoms with van der Waals surface area (Å²) < 4.78 is 0. The van der Waals surface area contributed by atoms with E-state index in [1.165, 1.54) is 0 Å². The average molecular weight is 219 g/mol. The molecule has 0 aliphatic heterocycles. The van der Waals surface area contributed by atoms with Crippen LogP contribution >= 0.6 is 11.3 Å². The first kappa shape index (κ1) is 10.3. The Morgan fingerprint density at radius 1 is 1.40 bits per heavy atom. The van der Waals surface area contributed by atoms with Gasteiger partial charge in [0.25, 0.3) is 0 Å². The topological polar surface area (TPSA) is 37.8 Å². The lowest BCUT2D eigenvalue weighted by atomic mass is 10.2. The van der Waals surface area contributed by atoms with E-state index in [0.717, 1.165) is 17.9 Å².